The molecule has 176 valence electrons. The quantitative estimate of drug-likeness (QED) is 0.545. The van der Waals surface area contributed by atoms with E-state index in [1.807, 2.05) is 42.1 Å². The highest BCUT2D eigenvalue weighted by molar-refractivity contribution is 7.99. The molecule has 32 heavy (non-hydrogen) atoms. The normalized spacial score (nSPS) is 21.8. The molecule has 0 bridgehead atoms. The van der Waals surface area contributed by atoms with E-state index in [1.165, 1.54) is 0 Å². The van der Waals surface area contributed by atoms with Gasteiger partial charge in [-0.3, -0.25) is 14.9 Å². The molecule has 2 aliphatic heterocycles. The van der Waals surface area contributed by atoms with Gasteiger partial charge in [-0.1, -0.05) is 30.3 Å². The van der Waals surface area contributed by atoms with Crippen LogP contribution in [0.1, 0.15) is 51.5 Å². The molecule has 1 unspecified atom stereocenters. The van der Waals surface area contributed by atoms with Crippen molar-refractivity contribution in [2.45, 2.75) is 76.0 Å². The number of esters is 1. The first-order chi connectivity index (χ1) is 15.4. The average molecular weight is 463 g/mol. The number of nitrogens with zero attached hydrogens (tertiary/aromatic N) is 1. The number of hydrogen-bond acceptors (Lipinski definition) is 6. The fraction of sp³-hybridized carbons (Fsp3) is 0.625. The molecule has 8 heteroatoms. The van der Waals surface area contributed by atoms with Crippen LogP contribution >= 0.6 is 11.8 Å². The number of thioether (sulfide) groups is 1. The Labute approximate surface area is 194 Å². The lowest BCUT2D eigenvalue weighted by Crippen LogP contribution is -2.60. The average Bonchev–Trinajstić information content (AvgIpc) is 3.15. The first-order valence-electron chi connectivity index (χ1n) is 11.5. The first-order valence-corrected chi connectivity index (χ1v) is 12.6. The van der Waals surface area contributed by atoms with Crippen LogP contribution in [0.3, 0.4) is 0 Å². The van der Waals surface area contributed by atoms with E-state index in [0.29, 0.717) is 19.3 Å². The maximum Gasteiger partial charge on any atom is 0.326 e. The Morgan fingerprint density at radius 2 is 1.91 bits per heavy atom. The number of carbonyl (C=O) groups is 3. The molecule has 0 aromatic heterocycles. The highest BCUT2D eigenvalue weighted by Gasteiger charge is 2.52. The Balaban J connectivity index is 1.74. The molecule has 3 atom stereocenters. The molecule has 0 saturated carbocycles. The van der Waals surface area contributed by atoms with Crippen molar-refractivity contribution in [1.82, 2.24) is 10.2 Å². The molecular formula is C24H34N2O5S. The van der Waals surface area contributed by atoms with Crippen molar-refractivity contribution < 1.29 is 24.2 Å². The summed E-state index contributed by atoms with van der Waals surface area (Å²) < 4.78 is 5.24. The van der Waals surface area contributed by atoms with Gasteiger partial charge in [0.25, 0.3) is 0 Å². The third-order valence-corrected chi connectivity index (χ3v) is 7.59. The van der Waals surface area contributed by atoms with Crippen LogP contribution in [0.15, 0.2) is 30.3 Å². The number of carboxylic acids is 1. The number of carboxylic acid groups (broad SMARTS) is 1. The van der Waals surface area contributed by atoms with Crippen LogP contribution in [0.25, 0.3) is 0 Å². The van der Waals surface area contributed by atoms with Gasteiger partial charge in [0.05, 0.1) is 12.6 Å². The topological polar surface area (TPSA) is 95.9 Å². The number of amides is 1. The van der Waals surface area contributed by atoms with E-state index in [9.17, 15) is 19.5 Å². The largest absolute Gasteiger partial charge is 0.480 e. The molecule has 1 spiro atoms. The second-order valence-electron chi connectivity index (χ2n) is 8.65. The maximum atomic E-state index is 13.6. The zero-order valence-electron chi connectivity index (χ0n) is 18.9. The molecule has 1 aromatic rings. The van der Waals surface area contributed by atoms with Crippen molar-refractivity contribution in [2.75, 3.05) is 18.1 Å². The van der Waals surface area contributed by atoms with Crippen LogP contribution in [-0.2, 0) is 25.5 Å². The Kier molecular flexibility index (Phi) is 8.59. The number of nitrogens with one attached hydrogen (secondary N) is 1. The molecule has 7 nitrogen and oxygen atoms in total. The Morgan fingerprint density at radius 3 is 2.53 bits per heavy atom. The molecule has 1 aromatic carbocycles. The lowest BCUT2D eigenvalue weighted by atomic mass is 9.89. The van der Waals surface area contributed by atoms with Crippen molar-refractivity contribution in [3.63, 3.8) is 0 Å². The van der Waals surface area contributed by atoms with E-state index < -0.39 is 24.1 Å². The van der Waals surface area contributed by atoms with Crippen LogP contribution in [-0.4, -0.2) is 69.6 Å². The molecule has 1 amide bonds. The van der Waals surface area contributed by atoms with Crippen molar-refractivity contribution in [1.29, 1.82) is 0 Å². The third-order valence-electron chi connectivity index (χ3n) is 6.61. The minimum Gasteiger partial charge on any atom is -0.480 e. The summed E-state index contributed by atoms with van der Waals surface area (Å²) in [4.78, 5) is 39.7. The summed E-state index contributed by atoms with van der Waals surface area (Å²) in [5.41, 5.74) is 0.719. The predicted octanol–water partition coefficient (Wildman–Crippen LogP) is 2.87. The van der Waals surface area contributed by atoms with E-state index in [2.05, 4.69) is 5.32 Å². The standard InChI is InChI=1S/C24H34N2O5S/c1-3-31-23(30)19(10-9-18-7-5-4-6-8-18)25-17(2)21(27)26-20(22(28)29)11-12-24(26)13-15-32-16-14-24/h4-8,17,19-20,25H,3,9-16H2,1-2H3,(H,28,29)/t17-,19?,20-/m0/s1. The second kappa shape index (κ2) is 11.2. The number of aryl methyl sites for hydroxylation is 1. The fourth-order valence-corrected chi connectivity index (χ4v) is 6.15. The molecule has 2 aliphatic rings. The zero-order valence-corrected chi connectivity index (χ0v) is 19.7. The fourth-order valence-electron chi connectivity index (χ4n) is 4.90. The van der Waals surface area contributed by atoms with Gasteiger partial charge in [0, 0.05) is 5.54 Å². The SMILES string of the molecule is CCOC(=O)C(CCc1ccccc1)N[C@@H](C)C(=O)N1[C@H](C(=O)O)CCC12CCSCC2. The van der Waals surface area contributed by atoms with Gasteiger partial charge < -0.3 is 14.7 Å². The molecular weight excluding hydrogens is 428 g/mol. The molecule has 2 N–H and O–H groups in total. The number of likely N-dealkylation sites (tertiary alicyclic amines) is 1. The first kappa shape index (κ1) is 24.6. The number of ether oxygens (including phenoxy) is 1. The molecule has 0 aliphatic carbocycles. The van der Waals surface area contributed by atoms with E-state index in [-0.39, 0.29) is 24.0 Å². The van der Waals surface area contributed by atoms with Crippen molar-refractivity contribution in [2.24, 2.45) is 0 Å². The minimum atomic E-state index is -0.952. The highest BCUT2D eigenvalue weighted by atomic mass is 32.2. The maximum absolute atomic E-state index is 13.6. The minimum absolute atomic E-state index is 0.240. The number of rotatable bonds is 9. The number of carbonyl (C=O) groups excluding carboxylic acids is 2. The van der Waals surface area contributed by atoms with Gasteiger partial charge in [-0.15, -0.1) is 0 Å². The van der Waals surface area contributed by atoms with Crippen LogP contribution in [0.4, 0.5) is 0 Å². The lowest BCUT2D eigenvalue weighted by Gasteiger charge is -2.44. The zero-order chi connectivity index (χ0) is 23.1. The van der Waals surface area contributed by atoms with Gasteiger partial charge in [-0.2, -0.15) is 11.8 Å². The molecule has 0 radical (unpaired) electrons. The smallest absolute Gasteiger partial charge is 0.326 e. The van der Waals surface area contributed by atoms with E-state index in [0.717, 1.165) is 36.3 Å². The summed E-state index contributed by atoms with van der Waals surface area (Å²) in [6.07, 6.45) is 3.99. The molecule has 2 heterocycles. The van der Waals surface area contributed by atoms with Crippen LogP contribution in [0, 0.1) is 0 Å². The van der Waals surface area contributed by atoms with Crippen molar-refractivity contribution in [3.05, 3.63) is 35.9 Å². The van der Waals surface area contributed by atoms with Gasteiger partial charge in [-0.25, -0.2) is 4.79 Å². The number of benzene rings is 1. The Hall–Kier alpha value is -2.06. The molecule has 2 fully saturated rings. The number of hydrogen-bond donors (Lipinski definition) is 2. The van der Waals surface area contributed by atoms with Gasteiger partial charge in [0.15, 0.2) is 0 Å². The molecule has 2 saturated heterocycles. The van der Waals surface area contributed by atoms with Crippen molar-refractivity contribution in [3.8, 4) is 0 Å². The monoisotopic (exact) mass is 462 g/mol. The van der Waals surface area contributed by atoms with E-state index >= 15 is 0 Å². The van der Waals surface area contributed by atoms with E-state index in [1.54, 1.807) is 18.7 Å². The highest BCUT2D eigenvalue weighted by Crippen LogP contribution is 2.44. The van der Waals surface area contributed by atoms with E-state index in [4.69, 9.17) is 4.74 Å². The van der Waals surface area contributed by atoms with Gasteiger partial charge >= 0.3 is 11.9 Å². The number of aliphatic carboxylic acids is 1. The summed E-state index contributed by atoms with van der Waals surface area (Å²) >= 11 is 1.85. The van der Waals surface area contributed by atoms with Gasteiger partial charge in [0.1, 0.15) is 12.1 Å². The summed E-state index contributed by atoms with van der Waals surface area (Å²) in [7, 11) is 0. The van der Waals surface area contributed by atoms with Crippen LogP contribution < -0.4 is 5.32 Å². The summed E-state index contributed by atoms with van der Waals surface area (Å²) in [6, 6.07) is 7.72. The molecule has 3 rings (SSSR count). The predicted molar refractivity (Wildman–Crippen MR) is 125 cm³/mol. The Morgan fingerprint density at radius 1 is 1.22 bits per heavy atom. The summed E-state index contributed by atoms with van der Waals surface area (Å²) in [5, 5.41) is 13.0. The summed E-state index contributed by atoms with van der Waals surface area (Å²) in [5.74, 6) is 0.284. The van der Waals surface area contributed by atoms with Gasteiger partial charge in [0.2, 0.25) is 5.91 Å². The van der Waals surface area contributed by atoms with Crippen LogP contribution in [0.2, 0.25) is 0 Å². The third kappa shape index (κ3) is 5.64. The Bertz CT molecular complexity index is 797. The lowest BCUT2D eigenvalue weighted by molar-refractivity contribution is -0.154. The van der Waals surface area contributed by atoms with Crippen molar-refractivity contribution >= 4 is 29.6 Å². The second-order valence-corrected chi connectivity index (χ2v) is 9.88. The summed E-state index contributed by atoms with van der Waals surface area (Å²) in [6.45, 7) is 3.74. The van der Waals surface area contributed by atoms with Crippen LogP contribution in [0.5, 0.6) is 0 Å². The van der Waals surface area contributed by atoms with Gasteiger partial charge in [-0.05, 0) is 69.4 Å².